The number of hydrogen-bond donors (Lipinski definition) is 1. The SMILES string of the molecule is COc1ccc(N2C(=O)CC(NCCC[Si]34OC(C)CN(CC(C)O3)CC(C)O4)C2=O)cc1. The van der Waals surface area contributed by atoms with Gasteiger partial charge in [0, 0.05) is 25.7 Å². The van der Waals surface area contributed by atoms with E-state index in [1.54, 1.807) is 31.4 Å². The largest absolute Gasteiger partial charge is 0.501 e. The van der Waals surface area contributed by atoms with Gasteiger partial charge in [0.1, 0.15) is 5.75 Å². The molecule has 182 valence electrons. The summed E-state index contributed by atoms with van der Waals surface area (Å²) in [6.45, 7) is 9.44. The van der Waals surface area contributed by atoms with Crippen LogP contribution >= 0.6 is 0 Å². The third kappa shape index (κ3) is 5.64. The van der Waals surface area contributed by atoms with E-state index in [0.717, 1.165) is 26.1 Å². The minimum Gasteiger partial charge on any atom is -0.497 e. The molecule has 0 saturated carbocycles. The van der Waals surface area contributed by atoms with E-state index in [0.29, 0.717) is 24.0 Å². The van der Waals surface area contributed by atoms with Gasteiger partial charge in [0.15, 0.2) is 0 Å². The predicted molar refractivity (Wildman–Crippen MR) is 125 cm³/mol. The number of ether oxygens (including phenoxy) is 1. The monoisotopic (exact) mass is 477 g/mol. The fraction of sp³-hybridized carbons (Fsp3) is 0.652. The lowest BCUT2D eigenvalue weighted by atomic mass is 10.2. The second-order valence-corrected chi connectivity index (χ2v) is 11.8. The molecule has 5 rings (SSSR count). The van der Waals surface area contributed by atoms with E-state index < -0.39 is 14.8 Å². The van der Waals surface area contributed by atoms with E-state index in [1.807, 2.05) is 0 Å². The fourth-order valence-electron chi connectivity index (χ4n) is 4.98. The summed E-state index contributed by atoms with van der Waals surface area (Å²) >= 11 is 0. The number of carbonyl (C=O) groups is 2. The summed E-state index contributed by atoms with van der Waals surface area (Å²) in [4.78, 5) is 29.0. The van der Waals surface area contributed by atoms with E-state index in [1.165, 1.54) is 4.90 Å². The molecule has 4 saturated heterocycles. The summed E-state index contributed by atoms with van der Waals surface area (Å²) in [7, 11) is -1.26. The maximum Gasteiger partial charge on any atom is 0.501 e. The van der Waals surface area contributed by atoms with Gasteiger partial charge in [-0.3, -0.25) is 14.5 Å². The average Bonchev–Trinajstić information content (AvgIpc) is 3.02. The van der Waals surface area contributed by atoms with Crippen molar-refractivity contribution >= 4 is 26.3 Å². The van der Waals surface area contributed by atoms with Gasteiger partial charge in [-0.05, 0) is 58.0 Å². The summed E-state index contributed by atoms with van der Waals surface area (Å²) in [5.74, 6) is 0.251. The molecule has 4 heterocycles. The van der Waals surface area contributed by atoms with Crippen molar-refractivity contribution in [1.29, 1.82) is 0 Å². The van der Waals surface area contributed by atoms with Gasteiger partial charge in [-0.25, -0.2) is 4.90 Å². The molecule has 4 fully saturated rings. The molecule has 0 radical (unpaired) electrons. The highest BCUT2D eigenvalue weighted by Crippen LogP contribution is 2.29. The lowest BCUT2D eigenvalue weighted by molar-refractivity contribution is -0.121. The normalized spacial score (nSPS) is 34.8. The van der Waals surface area contributed by atoms with Gasteiger partial charge in [0.2, 0.25) is 5.91 Å². The van der Waals surface area contributed by atoms with Crippen molar-refractivity contribution in [3.05, 3.63) is 24.3 Å². The first-order chi connectivity index (χ1) is 15.8. The zero-order chi connectivity index (χ0) is 23.6. The molecule has 1 N–H and O–H groups in total. The van der Waals surface area contributed by atoms with Crippen LogP contribution in [0.1, 0.15) is 33.6 Å². The van der Waals surface area contributed by atoms with Crippen molar-refractivity contribution in [1.82, 2.24) is 10.2 Å². The van der Waals surface area contributed by atoms with Crippen molar-refractivity contribution in [2.75, 3.05) is 38.2 Å². The molecule has 1 aromatic carbocycles. The minimum absolute atomic E-state index is 0.0525. The highest BCUT2D eigenvalue weighted by Gasteiger charge is 2.49. The van der Waals surface area contributed by atoms with Crippen LogP contribution in [-0.2, 0) is 22.9 Å². The number of imide groups is 1. The quantitative estimate of drug-likeness (QED) is 0.361. The van der Waals surface area contributed by atoms with Crippen LogP contribution in [0, 0.1) is 0 Å². The molecule has 2 bridgehead atoms. The second kappa shape index (κ2) is 10.2. The van der Waals surface area contributed by atoms with Crippen molar-refractivity contribution < 1.29 is 27.6 Å². The summed E-state index contributed by atoms with van der Waals surface area (Å²) in [6.07, 6.45) is 1.05. The van der Waals surface area contributed by atoms with Gasteiger partial charge in [-0.2, -0.15) is 0 Å². The van der Waals surface area contributed by atoms with Crippen LogP contribution in [0.25, 0.3) is 0 Å². The molecule has 2 amide bonds. The minimum atomic E-state index is -2.84. The van der Waals surface area contributed by atoms with Crippen molar-refractivity contribution in [3.63, 3.8) is 0 Å². The molecule has 33 heavy (non-hydrogen) atoms. The third-order valence-corrected chi connectivity index (χ3v) is 9.47. The Balaban J connectivity index is 1.34. The van der Waals surface area contributed by atoms with Crippen molar-refractivity contribution in [2.24, 2.45) is 0 Å². The van der Waals surface area contributed by atoms with Crippen LogP contribution in [0.15, 0.2) is 24.3 Å². The second-order valence-electron chi connectivity index (χ2n) is 9.27. The van der Waals surface area contributed by atoms with Crippen LogP contribution in [0.5, 0.6) is 5.75 Å². The Hall–Kier alpha value is -1.82. The zero-order valence-electron chi connectivity index (χ0n) is 19.9. The Kier molecular flexibility index (Phi) is 7.52. The standard InChI is InChI=1S/C23H35N3O6Si/c1-16-13-25-14-17(2)31-33(30-16,32-18(3)15-25)11-5-10-24-21-12-22(27)26(23(21)28)19-6-8-20(29-4)9-7-19/h6-9,16-18,21,24H,5,10-15H2,1-4H3. The smallest absolute Gasteiger partial charge is 0.497 e. The maximum atomic E-state index is 12.9. The Labute approximate surface area is 196 Å². The number of rotatable bonds is 7. The Morgan fingerprint density at radius 2 is 1.58 bits per heavy atom. The van der Waals surface area contributed by atoms with E-state index in [2.05, 4.69) is 31.0 Å². The third-order valence-electron chi connectivity index (χ3n) is 6.22. The molecule has 10 heteroatoms. The van der Waals surface area contributed by atoms with Gasteiger partial charge in [-0.15, -0.1) is 0 Å². The van der Waals surface area contributed by atoms with Crippen molar-refractivity contribution in [2.45, 2.75) is 64.0 Å². The van der Waals surface area contributed by atoms with Gasteiger partial charge in [0.05, 0.1) is 43.6 Å². The molecule has 0 spiro atoms. The first kappa shape index (κ1) is 24.3. The van der Waals surface area contributed by atoms with Gasteiger partial charge in [0.25, 0.3) is 5.91 Å². The van der Waals surface area contributed by atoms with Gasteiger partial charge < -0.3 is 23.3 Å². The van der Waals surface area contributed by atoms with Crippen molar-refractivity contribution in [3.8, 4) is 5.75 Å². The van der Waals surface area contributed by atoms with Crippen LogP contribution in [-0.4, -0.2) is 83.2 Å². The number of nitrogens with one attached hydrogen (secondary N) is 1. The summed E-state index contributed by atoms with van der Waals surface area (Å²) in [5.41, 5.74) is 0.562. The van der Waals surface area contributed by atoms with Gasteiger partial charge in [-0.1, -0.05) is 0 Å². The zero-order valence-corrected chi connectivity index (χ0v) is 20.9. The number of methoxy groups -OCH3 is 1. The molecule has 0 aromatic heterocycles. The molecule has 0 aliphatic carbocycles. The van der Waals surface area contributed by atoms with E-state index in [9.17, 15) is 9.59 Å². The molecule has 4 atom stereocenters. The molecule has 4 aliphatic heterocycles. The fourth-order valence-corrected chi connectivity index (χ4v) is 8.17. The maximum absolute atomic E-state index is 12.9. The highest BCUT2D eigenvalue weighted by molar-refractivity contribution is 6.60. The number of anilines is 1. The number of hydrogen-bond acceptors (Lipinski definition) is 8. The van der Waals surface area contributed by atoms with Crippen LogP contribution in [0.3, 0.4) is 0 Å². The molecule has 1 aromatic rings. The molecule has 4 unspecified atom stereocenters. The van der Waals surface area contributed by atoms with E-state index in [4.69, 9.17) is 18.0 Å². The van der Waals surface area contributed by atoms with E-state index >= 15 is 0 Å². The van der Waals surface area contributed by atoms with Crippen LogP contribution in [0.4, 0.5) is 5.69 Å². The van der Waals surface area contributed by atoms with Crippen LogP contribution < -0.4 is 15.0 Å². The van der Waals surface area contributed by atoms with E-state index in [-0.39, 0.29) is 36.5 Å². The topological polar surface area (TPSA) is 89.6 Å². The average molecular weight is 478 g/mol. The first-order valence-electron chi connectivity index (χ1n) is 11.8. The lowest BCUT2D eigenvalue weighted by Gasteiger charge is -2.45. The molecule has 9 nitrogen and oxygen atoms in total. The Bertz CT molecular complexity index is 817. The number of amides is 2. The molecule has 4 aliphatic rings. The summed E-state index contributed by atoms with van der Waals surface area (Å²) in [5, 5.41) is 3.27. The number of benzene rings is 1. The Morgan fingerprint density at radius 3 is 2.12 bits per heavy atom. The summed E-state index contributed by atoms with van der Waals surface area (Å²) in [6, 6.07) is 7.08. The molecular weight excluding hydrogens is 442 g/mol. The number of nitrogens with zero attached hydrogens (tertiary/aromatic N) is 2. The predicted octanol–water partition coefficient (Wildman–Crippen LogP) is 1.79. The highest BCUT2D eigenvalue weighted by atomic mass is 28.4. The first-order valence-corrected chi connectivity index (χ1v) is 13.7. The molecular formula is C23H35N3O6Si. The number of fused-ring (bicyclic) bond motifs is 6. The lowest BCUT2D eigenvalue weighted by Crippen LogP contribution is -2.61. The van der Waals surface area contributed by atoms with Gasteiger partial charge >= 0.3 is 8.80 Å². The Morgan fingerprint density at radius 1 is 1.00 bits per heavy atom. The number of carbonyl (C=O) groups excluding carboxylic acids is 2. The van der Waals surface area contributed by atoms with Crippen LogP contribution in [0.2, 0.25) is 6.04 Å². The summed E-state index contributed by atoms with van der Waals surface area (Å²) < 4.78 is 24.3.